The third-order valence-electron chi connectivity index (χ3n) is 6.70. The molecule has 2 saturated heterocycles. The van der Waals surface area contributed by atoms with Crippen LogP contribution in [0.15, 0.2) is 36.4 Å². The number of hydrogen-bond donors (Lipinski definition) is 1. The second-order valence-corrected chi connectivity index (χ2v) is 10.7. The van der Waals surface area contributed by atoms with Gasteiger partial charge in [-0.3, -0.25) is 14.5 Å². The molecule has 3 aromatic rings. The first kappa shape index (κ1) is 28.7. The highest BCUT2D eigenvalue weighted by atomic mass is 32.1. The number of alkyl halides is 3. The molecule has 2 atom stereocenters. The summed E-state index contributed by atoms with van der Waals surface area (Å²) in [5.41, 5.74) is 0.356. The summed E-state index contributed by atoms with van der Waals surface area (Å²) in [4.78, 5) is 28.4. The van der Waals surface area contributed by atoms with Crippen LogP contribution >= 0.6 is 11.3 Å². The second-order valence-electron chi connectivity index (χ2n) is 9.76. The van der Waals surface area contributed by atoms with E-state index in [-0.39, 0.29) is 30.3 Å². The molecule has 0 aliphatic carbocycles. The lowest BCUT2D eigenvalue weighted by atomic mass is 10.1. The fraction of sp³-hybridized carbons (Fsp3) is 0.462. The standard InChI is InChI=1S/C26H28F3N7O4S/c1-16(37)36(23-7-2-3-12-39-23)25-34-33-24(41-25)18-10-11-35(15-18)21-9-8-20(31-32-21)30-22(38)14-17-5-4-6-19(13-17)40-26(27,28)29/h4-6,8-9,13,18,23H,2-3,7,10-12,14-15H2,1H3,(H,30,31,38). The van der Waals surface area contributed by atoms with Gasteiger partial charge in [0, 0.05) is 32.5 Å². The van der Waals surface area contributed by atoms with Gasteiger partial charge in [0.05, 0.1) is 6.42 Å². The average Bonchev–Trinajstić information content (AvgIpc) is 3.59. The number of amides is 2. The van der Waals surface area contributed by atoms with Gasteiger partial charge in [0.25, 0.3) is 0 Å². The molecule has 2 unspecified atom stereocenters. The fourth-order valence-corrected chi connectivity index (χ4v) is 5.89. The molecule has 1 aromatic carbocycles. The molecule has 41 heavy (non-hydrogen) atoms. The first-order chi connectivity index (χ1) is 19.6. The van der Waals surface area contributed by atoms with Gasteiger partial charge in [-0.25, -0.2) is 0 Å². The summed E-state index contributed by atoms with van der Waals surface area (Å²) in [7, 11) is 0. The van der Waals surface area contributed by atoms with Crippen LogP contribution in [0.4, 0.5) is 29.9 Å². The van der Waals surface area contributed by atoms with Crippen LogP contribution in [-0.4, -0.2) is 64.5 Å². The van der Waals surface area contributed by atoms with Gasteiger partial charge >= 0.3 is 6.36 Å². The smallest absolute Gasteiger partial charge is 0.406 e. The molecule has 4 heterocycles. The van der Waals surface area contributed by atoms with E-state index >= 15 is 0 Å². The maximum atomic E-state index is 12.5. The highest BCUT2D eigenvalue weighted by Gasteiger charge is 2.33. The predicted octanol–water partition coefficient (Wildman–Crippen LogP) is 4.28. The second kappa shape index (κ2) is 12.3. The van der Waals surface area contributed by atoms with Gasteiger partial charge in [0.1, 0.15) is 17.0 Å². The number of benzene rings is 1. The molecule has 2 aliphatic heterocycles. The monoisotopic (exact) mass is 591 g/mol. The Balaban J connectivity index is 1.15. The minimum atomic E-state index is -4.81. The van der Waals surface area contributed by atoms with Gasteiger partial charge < -0.3 is 19.7 Å². The molecule has 2 aromatic heterocycles. The molecular weight excluding hydrogens is 563 g/mol. The SMILES string of the molecule is CC(=O)N(c1nnc(C2CCN(c3ccc(NC(=O)Cc4cccc(OC(F)(F)F)c4)nn3)C2)s1)C1CCCCO1. The maximum Gasteiger partial charge on any atom is 0.573 e. The summed E-state index contributed by atoms with van der Waals surface area (Å²) in [6.07, 6.45) is -1.72. The van der Waals surface area contributed by atoms with Crippen molar-refractivity contribution in [2.45, 2.75) is 57.5 Å². The number of nitrogens with zero attached hydrogens (tertiary/aromatic N) is 6. The molecule has 1 N–H and O–H groups in total. The number of aromatic nitrogens is 4. The van der Waals surface area contributed by atoms with Crippen molar-refractivity contribution in [3.63, 3.8) is 0 Å². The zero-order valence-corrected chi connectivity index (χ0v) is 23.0. The van der Waals surface area contributed by atoms with Crippen molar-refractivity contribution in [3.05, 3.63) is 47.0 Å². The summed E-state index contributed by atoms with van der Waals surface area (Å²) in [6.45, 7) is 3.49. The molecule has 2 aliphatic rings. The zero-order chi connectivity index (χ0) is 29.0. The fourth-order valence-electron chi connectivity index (χ4n) is 4.83. The molecule has 5 rings (SSSR count). The van der Waals surface area contributed by atoms with Crippen LogP contribution in [0.1, 0.15) is 49.1 Å². The first-order valence-electron chi connectivity index (χ1n) is 13.1. The van der Waals surface area contributed by atoms with Crippen molar-refractivity contribution in [3.8, 4) is 5.75 Å². The van der Waals surface area contributed by atoms with Gasteiger partial charge in [-0.15, -0.1) is 33.6 Å². The van der Waals surface area contributed by atoms with Crippen molar-refractivity contribution >= 4 is 39.9 Å². The molecule has 2 amide bonds. The summed E-state index contributed by atoms with van der Waals surface area (Å²) in [5, 5.41) is 21.0. The highest BCUT2D eigenvalue weighted by molar-refractivity contribution is 7.15. The van der Waals surface area contributed by atoms with Gasteiger partial charge in [-0.1, -0.05) is 23.5 Å². The lowest BCUT2D eigenvalue weighted by molar-refractivity contribution is -0.274. The maximum absolute atomic E-state index is 12.5. The first-order valence-corrected chi connectivity index (χ1v) is 13.9. The average molecular weight is 592 g/mol. The van der Waals surface area contributed by atoms with Crippen molar-refractivity contribution in [1.82, 2.24) is 20.4 Å². The van der Waals surface area contributed by atoms with E-state index in [4.69, 9.17) is 4.74 Å². The third-order valence-corrected chi connectivity index (χ3v) is 7.78. The van der Waals surface area contributed by atoms with Crippen LogP contribution in [-0.2, 0) is 20.7 Å². The van der Waals surface area contributed by atoms with E-state index in [0.29, 0.717) is 29.7 Å². The number of rotatable bonds is 8. The lowest BCUT2D eigenvalue weighted by Gasteiger charge is -2.31. The number of nitrogens with one attached hydrogen (secondary N) is 1. The largest absolute Gasteiger partial charge is 0.573 e. The third kappa shape index (κ3) is 7.47. The summed E-state index contributed by atoms with van der Waals surface area (Å²) in [5.74, 6) is -0.00843. The Morgan fingerprint density at radius 2 is 2.00 bits per heavy atom. The minimum Gasteiger partial charge on any atom is -0.406 e. The van der Waals surface area contributed by atoms with Crippen molar-refractivity contribution < 1.29 is 32.2 Å². The minimum absolute atomic E-state index is 0.112. The molecule has 218 valence electrons. The number of ether oxygens (including phenoxy) is 2. The Morgan fingerprint density at radius 1 is 1.15 bits per heavy atom. The molecule has 0 bridgehead atoms. The van der Waals surface area contributed by atoms with Gasteiger partial charge in [0.15, 0.2) is 11.6 Å². The van der Waals surface area contributed by atoms with E-state index in [1.807, 2.05) is 0 Å². The number of halogens is 3. The molecule has 0 radical (unpaired) electrons. The zero-order valence-electron chi connectivity index (χ0n) is 22.1. The summed E-state index contributed by atoms with van der Waals surface area (Å²) < 4.78 is 47.1. The molecule has 0 spiro atoms. The molecule has 0 saturated carbocycles. The van der Waals surface area contributed by atoms with Crippen molar-refractivity contribution in [2.24, 2.45) is 0 Å². The molecular formula is C26H28F3N7O4S. The number of carbonyl (C=O) groups excluding carboxylic acids is 2. The van der Waals surface area contributed by atoms with E-state index in [2.05, 4.69) is 35.3 Å². The molecule has 2 fully saturated rings. The van der Waals surface area contributed by atoms with Gasteiger partial charge in [-0.2, -0.15) is 0 Å². The topological polar surface area (TPSA) is 123 Å². The number of anilines is 3. The van der Waals surface area contributed by atoms with Crippen LogP contribution in [0.3, 0.4) is 0 Å². The van der Waals surface area contributed by atoms with Crippen LogP contribution < -0.4 is 19.9 Å². The van der Waals surface area contributed by atoms with Crippen LogP contribution in [0, 0.1) is 0 Å². The molecule has 15 heteroatoms. The van der Waals surface area contributed by atoms with Crippen LogP contribution in [0.25, 0.3) is 0 Å². The Hall–Kier alpha value is -3.85. The van der Waals surface area contributed by atoms with E-state index in [1.54, 1.807) is 17.0 Å². The highest BCUT2D eigenvalue weighted by Crippen LogP contribution is 2.35. The van der Waals surface area contributed by atoms with E-state index in [9.17, 15) is 22.8 Å². The quantitative estimate of drug-likeness (QED) is 0.409. The Labute approximate surface area is 237 Å². The number of hydrogen-bond acceptors (Lipinski definition) is 10. The Kier molecular flexibility index (Phi) is 8.63. The van der Waals surface area contributed by atoms with E-state index in [1.165, 1.54) is 36.5 Å². The molecule has 11 nitrogen and oxygen atoms in total. The predicted molar refractivity (Wildman–Crippen MR) is 144 cm³/mol. The van der Waals surface area contributed by atoms with Gasteiger partial charge in [0.2, 0.25) is 16.9 Å². The normalized spacial score (nSPS) is 19.2. The van der Waals surface area contributed by atoms with Crippen molar-refractivity contribution in [2.75, 3.05) is 34.8 Å². The summed E-state index contributed by atoms with van der Waals surface area (Å²) >= 11 is 1.40. The van der Waals surface area contributed by atoms with E-state index in [0.717, 1.165) is 43.3 Å². The van der Waals surface area contributed by atoms with Crippen LogP contribution in [0.2, 0.25) is 0 Å². The Bertz CT molecular complexity index is 1370. The Morgan fingerprint density at radius 3 is 2.71 bits per heavy atom. The van der Waals surface area contributed by atoms with Crippen molar-refractivity contribution in [1.29, 1.82) is 0 Å². The lowest BCUT2D eigenvalue weighted by Crippen LogP contribution is -2.42. The number of carbonyl (C=O) groups is 2. The van der Waals surface area contributed by atoms with Crippen LogP contribution in [0.5, 0.6) is 5.75 Å². The van der Waals surface area contributed by atoms with E-state index < -0.39 is 18.0 Å². The summed E-state index contributed by atoms with van der Waals surface area (Å²) in [6, 6.07) is 8.60. The van der Waals surface area contributed by atoms with Gasteiger partial charge in [-0.05, 0) is 55.5 Å².